The summed E-state index contributed by atoms with van der Waals surface area (Å²) in [5, 5.41) is 2.76. The average Bonchev–Trinajstić information content (AvgIpc) is 2.55. The van der Waals surface area contributed by atoms with E-state index in [9.17, 15) is 4.79 Å². The van der Waals surface area contributed by atoms with Crippen molar-refractivity contribution in [2.45, 2.75) is 26.4 Å². The van der Waals surface area contributed by atoms with Crippen molar-refractivity contribution in [2.75, 3.05) is 5.32 Å². The van der Waals surface area contributed by atoms with Crippen molar-refractivity contribution in [3.8, 4) is 0 Å². The highest BCUT2D eigenvalue weighted by atomic mass is 16.5. The van der Waals surface area contributed by atoms with Gasteiger partial charge in [-0.15, -0.1) is 0 Å². The number of ether oxygens (including phenoxy) is 1. The Balaban J connectivity index is 1.84. The second-order valence-corrected chi connectivity index (χ2v) is 4.99. The molecule has 0 heterocycles. The molecule has 0 aliphatic carbocycles. The fourth-order valence-electron chi connectivity index (χ4n) is 2.10. The number of hydrogen-bond donors (Lipinski definition) is 1. The van der Waals surface area contributed by atoms with Crippen molar-refractivity contribution in [3.63, 3.8) is 0 Å². The van der Waals surface area contributed by atoms with E-state index < -0.39 is 6.09 Å². The van der Waals surface area contributed by atoms with Gasteiger partial charge in [0, 0.05) is 5.69 Å². The van der Waals surface area contributed by atoms with E-state index in [1.165, 1.54) is 5.56 Å². The molecule has 1 amide bonds. The van der Waals surface area contributed by atoms with Gasteiger partial charge in [-0.1, -0.05) is 54.6 Å². The molecule has 2 aromatic carbocycles. The van der Waals surface area contributed by atoms with Crippen LogP contribution in [0.25, 0.3) is 0 Å². The molecule has 0 saturated heterocycles. The highest BCUT2D eigenvalue weighted by Crippen LogP contribution is 2.13. The molecular weight excluding hydrogens is 274 g/mol. The quantitative estimate of drug-likeness (QED) is 0.766. The molecule has 0 bridgehead atoms. The summed E-state index contributed by atoms with van der Waals surface area (Å²) in [6, 6.07) is 17.5. The zero-order chi connectivity index (χ0) is 15.6. The molecule has 0 spiro atoms. The largest absolute Gasteiger partial charge is 0.444 e. The molecular formula is C19H21NO2. The minimum atomic E-state index is -0.436. The molecule has 2 rings (SSSR count). The van der Waals surface area contributed by atoms with Crippen LogP contribution >= 0.6 is 0 Å². The third kappa shape index (κ3) is 5.44. The molecule has 0 aromatic heterocycles. The zero-order valence-corrected chi connectivity index (χ0v) is 12.8. The van der Waals surface area contributed by atoms with Crippen LogP contribution in [0.2, 0.25) is 0 Å². The molecule has 114 valence electrons. The Morgan fingerprint density at radius 1 is 1.09 bits per heavy atom. The van der Waals surface area contributed by atoms with Crippen LogP contribution in [0, 0.1) is 0 Å². The minimum Gasteiger partial charge on any atom is -0.444 e. The molecule has 1 N–H and O–H groups in total. The van der Waals surface area contributed by atoms with Gasteiger partial charge in [-0.3, -0.25) is 5.32 Å². The summed E-state index contributed by atoms with van der Waals surface area (Å²) in [6.45, 7) is 2.29. The van der Waals surface area contributed by atoms with Gasteiger partial charge in [-0.2, -0.15) is 0 Å². The molecule has 0 radical (unpaired) electrons. The van der Waals surface area contributed by atoms with Crippen LogP contribution < -0.4 is 5.32 Å². The van der Waals surface area contributed by atoms with Gasteiger partial charge in [-0.25, -0.2) is 4.79 Å². The average molecular weight is 295 g/mol. The Morgan fingerprint density at radius 3 is 2.64 bits per heavy atom. The number of nitrogens with one attached hydrogen (secondary N) is 1. The maximum absolute atomic E-state index is 11.8. The van der Waals surface area contributed by atoms with Crippen LogP contribution in [-0.4, -0.2) is 6.09 Å². The van der Waals surface area contributed by atoms with Gasteiger partial charge in [0.1, 0.15) is 6.61 Å². The number of carbonyl (C=O) groups is 1. The summed E-state index contributed by atoms with van der Waals surface area (Å²) in [5.41, 5.74) is 2.92. The summed E-state index contributed by atoms with van der Waals surface area (Å²) in [4.78, 5) is 11.8. The number of amides is 1. The first-order chi connectivity index (χ1) is 10.8. The van der Waals surface area contributed by atoms with Gasteiger partial charge in [0.05, 0.1) is 0 Å². The normalized spacial score (nSPS) is 10.6. The highest BCUT2D eigenvalue weighted by Gasteiger charge is 2.04. The van der Waals surface area contributed by atoms with Gasteiger partial charge in [0.2, 0.25) is 0 Å². The Bertz CT molecular complexity index is 620. The van der Waals surface area contributed by atoms with Gasteiger partial charge in [0.15, 0.2) is 0 Å². The summed E-state index contributed by atoms with van der Waals surface area (Å²) in [7, 11) is 0. The Labute approximate surface area is 131 Å². The number of carbonyl (C=O) groups excluding carboxylic acids is 1. The smallest absolute Gasteiger partial charge is 0.411 e. The standard InChI is InChI=1S/C19H21NO2/c1-2-3-5-9-16-12-8-13-18(14-16)20-19(21)22-15-17-10-6-4-7-11-17/h2-4,6-8,10-14H,5,9,15H2,1H3,(H,20,21)/b3-2+. The van der Waals surface area contributed by atoms with E-state index in [0.29, 0.717) is 0 Å². The second-order valence-electron chi connectivity index (χ2n) is 4.99. The predicted octanol–water partition coefficient (Wildman–Crippen LogP) is 4.94. The minimum absolute atomic E-state index is 0.271. The lowest BCUT2D eigenvalue weighted by molar-refractivity contribution is 0.155. The second kappa shape index (κ2) is 8.67. The summed E-state index contributed by atoms with van der Waals surface area (Å²) < 4.78 is 5.21. The monoisotopic (exact) mass is 295 g/mol. The van der Waals surface area contributed by atoms with E-state index in [1.807, 2.05) is 61.5 Å². The molecule has 0 unspecified atom stereocenters. The number of rotatable bonds is 6. The van der Waals surface area contributed by atoms with Crippen molar-refractivity contribution < 1.29 is 9.53 Å². The first-order valence-electron chi connectivity index (χ1n) is 7.46. The zero-order valence-electron chi connectivity index (χ0n) is 12.8. The molecule has 0 fully saturated rings. The number of hydrogen-bond acceptors (Lipinski definition) is 2. The Kier molecular flexibility index (Phi) is 6.24. The lowest BCUT2D eigenvalue weighted by atomic mass is 10.1. The van der Waals surface area contributed by atoms with Crippen molar-refractivity contribution in [2.24, 2.45) is 0 Å². The number of benzene rings is 2. The third-order valence-electron chi connectivity index (χ3n) is 3.22. The highest BCUT2D eigenvalue weighted by molar-refractivity contribution is 5.84. The van der Waals surface area contributed by atoms with Crippen molar-refractivity contribution >= 4 is 11.8 Å². The van der Waals surface area contributed by atoms with Gasteiger partial charge >= 0.3 is 6.09 Å². The Hall–Kier alpha value is -2.55. The third-order valence-corrected chi connectivity index (χ3v) is 3.22. The number of aryl methyl sites for hydroxylation is 1. The van der Waals surface area contributed by atoms with Gasteiger partial charge < -0.3 is 4.74 Å². The molecule has 0 atom stereocenters. The van der Waals surface area contributed by atoms with E-state index in [2.05, 4.69) is 17.5 Å². The molecule has 0 aliphatic heterocycles. The molecule has 22 heavy (non-hydrogen) atoms. The maximum Gasteiger partial charge on any atom is 0.411 e. The van der Waals surface area contributed by atoms with Crippen molar-refractivity contribution in [3.05, 3.63) is 77.9 Å². The van der Waals surface area contributed by atoms with Crippen LogP contribution in [-0.2, 0) is 17.8 Å². The summed E-state index contributed by atoms with van der Waals surface area (Å²) >= 11 is 0. The van der Waals surface area contributed by atoms with E-state index in [0.717, 1.165) is 24.1 Å². The number of allylic oxidation sites excluding steroid dienone is 2. The SMILES string of the molecule is C/C=C/CCc1cccc(NC(=O)OCc2ccccc2)c1. The molecule has 2 aromatic rings. The fourth-order valence-corrected chi connectivity index (χ4v) is 2.10. The summed E-state index contributed by atoms with van der Waals surface area (Å²) in [6.07, 6.45) is 5.70. The van der Waals surface area contributed by atoms with E-state index >= 15 is 0 Å². The Morgan fingerprint density at radius 2 is 1.86 bits per heavy atom. The molecule has 0 aliphatic rings. The topological polar surface area (TPSA) is 38.3 Å². The first kappa shape index (κ1) is 15.8. The van der Waals surface area contributed by atoms with E-state index in [4.69, 9.17) is 4.74 Å². The van der Waals surface area contributed by atoms with Crippen LogP contribution in [0.3, 0.4) is 0 Å². The van der Waals surface area contributed by atoms with E-state index in [1.54, 1.807) is 0 Å². The van der Waals surface area contributed by atoms with Crippen molar-refractivity contribution in [1.82, 2.24) is 0 Å². The fraction of sp³-hybridized carbons (Fsp3) is 0.211. The molecule has 3 nitrogen and oxygen atoms in total. The van der Waals surface area contributed by atoms with Crippen molar-refractivity contribution in [1.29, 1.82) is 0 Å². The lowest BCUT2D eigenvalue weighted by Crippen LogP contribution is -2.13. The van der Waals surface area contributed by atoms with Gasteiger partial charge in [0.25, 0.3) is 0 Å². The maximum atomic E-state index is 11.8. The molecule has 3 heteroatoms. The van der Waals surface area contributed by atoms with E-state index in [-0.39, 0.29) is 6.61 Å². The van der Waals surface area contributed by atoms with Gasteiger partial charge in [-0.05, 0) is 43.0 Å². The first-order valence-corrected chi connectivity index (χ1v) is 7.46. The summed E-state index contributed by atoms with van der Waals surface area (Å²) in [5.74, 6) is 0. The van der Waals surface area contributed by atoms with Crippen LogP contribution in [0.15, 0.2) is 66.7 Å². The lowest BCUT2D eigenvalue weighted by Gasteiger charge is -2.08. The number of anilines is 1. The van der Waals surface area contributed by atoms with Crippen LogP contribution in [0.4, 0.5) is 10.5 Å². The van der Waals surface area contributed by atoms with Crippen LogP contribution in [0.1, 0.15) is 24.5 Å². The van der Waals surface area contributed by atoms with Crippen LogP contribution in [0.5, 0.6) is 0 Å². The molecule has 0 saturated carbocycles. The predicted molar refractivity (Wildman–Crippen MR) is 89.8 cm³/mol.